The van der Waals surface area contributed by atoms with Gasteiger partial charge in [-0.25, -0.2) is 0 Å². The Balaban J connectivity index is 0.00000240. The molecule has 1 saturated heterocycles. The van der Waals surface area contributed by atoms with Crippen LogP contribution in [0.1, 0.15) is 48.7 Å². The molecule has 1 aliphatic carbocycles. The first-order chi connectivity index (χ1) is 13.4. The van der Waals surface area contributed by atoms with Gasteiger partial charge in [0.1, 0.15) is 0 Å². The molecule has 4 heteroatoms. The summed E-state index contributed by atoms with van der Waals surface area (Å²) in [7, 11) is 0. The highest BCUT2D eigenvalue weighted by Crippen LogP contribution is 2.46. The standard InChI is InChI=1S/C24H28N2O2.CH4/c1-17-4-5-18(2)21(16-17)19-6-8-20(9-7-19)22(27)25-12-14-26(15-13-25)23(28)24(3)10-11-24;/h4-9,16H,10-15H2,1-3H3;1H4. The quantitative estimate of drug-likeness (QED) is 0.760. The largest absolute Gasteiger partial charge is 0.339 e. The molecule has 154 valence electrons. The van der Waals surface area contributed by atoms with Crippen LogP contribution in [0.5, 0.6) is 0 Å². The lowest BCUT2D eigenvalue weighted by Gasteiger charge is -2.36. The van der Waals surface area contributed by atoms with Crippen molar-refractivity contribution in [2.45, 2.75) is 41.0 Å². The van der Waals surface area contributed by atoms with Crippen LogP contribution in [0.3, 0.4) is 0 Å². The Morgan fingerprint density at radius 2 is 1.45 bits per heavy atom. The Morgan fingerprint density at radius 3 is 2.03 bits per heavy atom. The van der Waals surface area contributed by atoms with Crippen LogP contribution in [0.4, 0.5) is 0 Å². The average Bonchev–Trinajstić information content (AvgIpc) is 3.47. The first kappa shape index (κ1) is 21.1. The summed E-state index contributed by atoms with van der Waals surface area (Å²) in [5.41, 5.74) is 5.38. The topological polar surface area (TPSA) is 40.6 Å². The zero-order chi connectivity index (χ0) is 19.9. The van der Waals surface area contributed by atoms with E-state index in [1.54, 1.807) is 0 Å². The Hall–Kier alpha value is -2.62. The molecule has 2 fully saturated rings. The van der Waals surface area contributed by atoms with Gasteiger partial charge in [-0.1, -0.05) is 50.2 Å². The highest BCUT2D eigenvalue weighted by Gasteiger charge is 2.47. The second kappa shape index (κ2) is 8.02. The van der Waals surface area contributed by atoms with Crippen LogP contribution >= 0.6 is 0 Å². The second-order valence-electron chi connectivity index (χ2n) is 8.54. The third-order valence-electron chi connectivity index (χ3n) is 6.21. The third kappa shape index (κ3) is 4.21. The van der Waals surface area contributed by atoms with E-state index in [-0.39, 0.29) is 24.7 Å². The summed E-state index contributed by atoms with van der Waals surface area (Å²) in [5.74, 6) is 0.315. The van der Waals surface area contributed by atoms with Crippen LogP contribution in [-0.2, 0) is 4.79 Å². The number of piperazine rings is 1. The molecule has 4 nitrogen and oxygen atoms in total. The summed E-state index contributed by atoms with van der Waals surface area (Å²) in [6.45, 7) is 8.75. The van der Waals surface area contributed by atoms with E-state index < -0.39 is 0 Å². The maximum absolute atomic E-state index is 12.9. The average molecular weight is 393 g/mol. The van der Waals surface area contributed by atoms with Gasteiger partial charge in [-0.2, -0.15) is 0 Å². The maximum Gasteiger partial charge on any atom is 0.253 e. The zero-order valence-corrected chi connectivity index (χ0v) is 17.0. The molecule has 0 radical (unpaired) electrons. The van der Waals surface area contributed by atoms with Crippen molar-refractivity contribution < 1.29 is 9.59 Å². The number of benzene rings is 2. The first-order valence-corrected chi connectivity index (χ1v) is 10.1. The van der Waals surface area contributed by atoms with Gasteiger partial charge < -0.3 is 9.80 Å². The van der Waals surface area contributed by atoms with Crippen molar-refractivity contribution in [2.24, 2.45) is 5.41 Å². The van der Waals surface area contributed by atoms with Crippen molar-refractivity contribution in [3.63, 3.8) is 0 Å². The van der Waals surface area contributed by atoms with Crippen LogP contribution < -0.4 is 0 Å². The van der Waals surface area contributed by atoms with Crippen LogP contribution in [0.15, 0.2) is 42.5 Å². The van der Waals surface area contributed by atoms with Gasteiger partial charge in [0.2, 0.25) is 5.91 Å². The second-order valence-corrected chi connectivity index (χ2v) is 8.54. The van der Waals surface area contributed by atoms with Crippen LogP contribution in [0.2, 0.25) is 0 Å². The highest BCUT2D eigenvalue weighted by atomic mass is 16.2. The van der Waals surface area contributed by atoms with Gasteiger partial charge in [0.25, 0.3) is 5.91 Å². The predicted octanol–water partition coefficient (Wildman–Crippen LogP) is 4.69. The number of amides is 2. The molecule has 2 aromatic rings. The fourth-order valence-electron chi connectivity index (χ4n) is 3.92. The lowest BCUT2D eigenvalue weighted by Crippen LogP contribution is -2.52. The van der Waals surface area contributed by atoms with Crippen molar-refractivity contribution >= 4 is 11.8 Å². The van der Waals surface area contributed by atoms with E-state index in [1.165, 1.54) is 16.7 Å². The van der Waals surface area contributed by atoms with Gasteiger partial charge >= 0.3 is 0 Å². The van der Waals surface area contributed by atoms with E-state index in [0.717, 1.165) is 18.4 Å². The van der Waals surface area contributed by atoms with E-state index in [1.807, 2.05) is 41.0 Å². The number of carbonyl (C=O) groups is 2. The Bertz CT molecular complexity index is 905. The summed E-state index contributed by atoms with van der Waals surface area (Å²) in [6.07, 6.45) is 2.00. The maximum atomic E-state index is 12.9. The molecule has 2 aliphatic rings. The first-order valence-electron chi connectivity index (χ1n) is 10.1. The molecule has 2 amide bonds. The number of carbonyl (C=O) groups excluding carboxylic acids is 2. The Kier molecular flexibility index (Phi) is 5.83. The van der Waals surface area contributed by atoms with Gasteiger partial charge in [-0.05, 0) is 55.5 Å². The van der Waals surface area contributed by atoms with Gasteiger partial charge in [0.15, 0.2) is 0 Å². The van der Waals surface area contributed by atoms with E-state index in [0.29, 0.717) is 31.7 Å². The molecular formula is C25H32N2O2. The van der Waals surface area contributed by atoms with Crippen LogP contribution in [-0.4, -0.2) is 47.8 Å². The van der Waals surface area contributed by atoms with Gasteiger partial charge in [-0.3, -0.25) is 9.59 Å². The summed E-state index contributed by atoms with van der Waals surface area (Å²) in [4.78, 5) is 29.1. The molecule has 0 unspecified atom stereocenters. The summed E-state index contributed by atoms with van der Waals surface area (Å²) >= 11 is 0. The smallest absolute Gasteiger partial charge is 0.253 e. The predicted molar refractivity (Wildman–Crippen MR) is 118 cm³/mol. The number of aryl methyl sites for hydroxylation is 2. The fraction of sp³-hybridized carbons (Fsp3) is 0.440. The molecule has 0 aromatic heterocycles. The van der Waals surface area contributed by atoms with Crippen molar-refractivity contribution in [3.8, 4) is 11.1 Å². The number of hydrogen-bond acceptors (Lipinski definition) is 2. The lowest BCUT2D eigenvalue weighted by atomic mass is 9.97. The van der Waals surface area contributed by atoms with Crippen molar-refractivity contribution in [1.82, 2.24) is 9.80 Å². The van der Waals surface area contributed by atoms with Gasteiger partial charge in [0, 0.05) is 37.2 Å². The third-order valence-corrected chi connectivity index (χ3v) is 6.21. The summed E-state index contributed by atoms with van der Waals surface area (Å²) < 4.78 is 0. The molecule has 0 atom stereocenters. The van der Waals surface area contributed by atoms with Crippen molar-refractivity contribution in [1.29, 1.82) is 0 Å². The monoisotopic (exact) mass is 392 g/mol. The molecule has 1 heterocycles. The molecule has 0 bridgehead atoms. The van der Waals surface area contributed by atoms with E-state index >= 15 is 0 Å². The molecule has 29 heavy (non-hydrogen) atoms. The molecular weight excluding hydrogens is 360 g/mol. The van der Waals surface area contributed by atoms with E-state index in [2.05, 4.69) is 32.0 Å². The minimum absolute atomic E-state index is 0. The normalized spacial score (nSPS) is 17.5. The lowest BCUT2D eigenvalue weighted by molar-refractivity contribution is -0.137. The highest BCUT2D eigenvalue weighted by molar-refractivity contribution is 5.95. The molecule has 0 N–H and O–H groups in total. The Labute approximate surface area is 174 Å². The number of hydrogen-bond donors (Lipinski definition) is 0. The summed E-state index contributed by atoms with van der Waals surface area (Å²) in [5, 5.41) is 0. The zero-order valence-electron chi connectivity index (χ0n) is 17.0. The fourth-order valence-corrected chi connectivity index (χ4v) is 3.92. The Morgan fingerprint density at radius 1 is 0.862 bits per heavy atom. The minimum Gasteiger partial charge on any atom is -0.339 e. The molecule has 0 spiro atoms. The van der Waals surface area contributed by atoms with Crippen molar-refractivity contribution in [3.05, 3.63) is 59.2 Å². The SMILES string of the molecule is C.Cc1ccc(C)c(-c2ccc(C(=O)N3CCN(C(=O)C4(C)CC4)CC3)cc2)c1. The number of nitrogens with zero attached hydrogens (tertiary/aromatic N) is 2. The minimum atomic E-state index is -0.129. The van der Waals surface area contributed by atoms with E-state index in [9.17, 15) is 9.59 Å². The number of rotatable bonds is 3. The van der Waals surface area contributed by atoms with E-state index in [4.69, 9.17) is 0 Å². The van der Waals surface area contributed by atoms with Crippen LogP contribution in [0.25, 0.3) is 11.1 Å². The molecule has 1 saturated carbocycles. The molecule has 2 aromatic carbocycles. The van der Waals surface area contributed by atoms with Crippen LogP contribution in [0, 0.1) is 19.3 Å². The van der Waals surface area contributed by atoms with Crippen molar-refractivity contribution in [2.75, 3.05) is 26.2 Å². The molecule has 4 rings (SSSR count). The molecule has 1 aliphatic heterocycles. The summed E-state index contributed by atoms with van der Waals surface area (Å²) in [6, 6.07) is 14.3. The van der Waals surface area contributed by atoms with Gasteiger partial charge in [0.05, 0.1) is 0 Å². The van der Waals surface area contributed by atoms with Gasteiger partial charge in [-0.15, -0.1) is 0 Å².